The lowest BCUT2D eigenvalue weighted by Gasteiger charge is -2.03. The van der Waals surface area contributed by atoms with E-state index in [0.717, 1.165) is 24.0 Å². The zero-order valence-corrected chi connectivity index (χ0v) is 11.2. The Balaban J connectivity index is 2.32. The van der Waals surface area contributed by atoms with E-state index in [-0.39, 0.29) is 6.04 Å². The molecule has 0 aliphatic heterocycles. The Morgan fingerprint density at radius 2 is 2.22 bits per heavy atom. The van der Waals surface area contributed by atoms with E-state index in [1.165, 1.54) is 0 Å². The topological polar surface area (TPSA) is 64.9 Å². The molecule has 0 saturated carbocycles. The lowest BCUT2D eigenvalue weighted by atomic mass is 10.1. The third-order valence-electron chi connectivity index (χ3n) is 2.80. The van der Waals surface area contributed by atoms with Crippen LogP contribution in [0.25, 0.3) is 11.5 Å². The number of halogens is 1. The van der Waals surface area contributed by atoms with Crippen LogP contribution in [0.3, 0.4) is 0 Å². The summed E-state index contributed by atoms with van der Waals surface area (Å²) in [6, 6.07) is 5.52. The Labute approximate surface area is 111 Å². The molecule has 4 nitrogen and oxygen atoms in total. The predicted octanol–water partition coefficient (Wildman–Crippen LogP) is 3.50. The fraction of sp³-hybridized carbons (Fsp3) is 0.385. The maximum atomic E-state index is 6.22. The van der Waals surface area contributed by atoms with Crippen LogP contribution in [0.4, 0.5) is 0 Å². The quantitative estimate of drug-likeness (QED) is 0.919. The molecule has 1 atom stereocenters. The van der Waals surface area contributed by atoms with Crippen molar-refractivity contribution in [2.24, 2.45) is 5.73 Å². The maximum absolute atomic E-state index is 6.22. The van der Waals surface area contributed by atoms with Gasteiger partial charge in [0.1, 0.15) is 0 Å². The highest BCUT2D eigenvalue weighted by molar-refractivity contribution is 6.33. The minimum absolute atomic E-state index is 0.184. The van der Waals surface area contributed by atoms with Gasteiger partial charge in [0.25, 0.3) is 5.89 Å². The van der Waals surface area contributed by atoms with Crippen molar-refractivity contribution in [3.8, 4) is 11.5 Å². The van der Waals surface area contributed by atoms with Crippen molar-refractivity contribution in [1.82, 2.24) is 10.1 Å². The Kier molecular flexibility index (Phi) is 3.99. The van der Waals surface area contributed by atoms with Crippen LogP contribution < -0.4 is 5.73 Å². The van der Waals surface area contributed by atoms with E-state index in [0.29, 0.717) is 16.7 Å². The van der Waals surface area contributed by atoms with Gasteiger partial charge in [-0.2, -0.15) is 4.98 Å². The molecule has 1 heterocycles. The second-order valence-electron chi connectivity index (χ2n) is 4.29. The first-order chi connectivity index (χ1) is 8.63. The molecular formula is C13H16ClN3O. The minimum Gasteiger partial charge on any atom is -0.334 e. The molecule has 5 heteroatoms. The van der Waals surface area contributed by atoms with Crippen molar-refractivity contribution < 1.29 is 4.52 Å². The molecule has 1 aromatic carbocycles. The van der Waals surface area contributed by atoms with Gasteiger partial charge in [0.05, 0.1) is 16.6 Å². The molecule has 96 valence electrons. The van der Waals surface area contributed by atoms with E-state index in [9.17, 15) is 0 Å². The number of nitrogens with zero attached hydrogens (tertiary/aromatic N) is 2. The van der Waals surface area contributed by atoms with E-state index >= 15 is 0 Å². The lowest BCUT2D eigenvalue weighted by molar-refractivity contribution is 0.413. The number of aryl methyl sites for hydroxylation is 1. The first-order valence-corrected chi connectivity index (χ1v) is 6.36. The van der Waals surface area contributed by atoms with E-state index in [4.69, 9.17) is 21.9 Å². The molecule has 0 aliphatic rings. The van der Waals surface area contributed by atoms with Gasteiger partial charge in [-0.25, -0.2) is 0 Å². The summed E-state index contributed by atoms with van der Waals surface area (Å²) in [7, 11) is 0. The number of hydrogen-bond acceptors (Lipinski definition) is 4. The molecule has 0 fully saturated rings. The third kappa shape index (κ3) is 2.54. The zero-order valence-electron chi connectivity index (χ0n) is 10.5. The first-order valence-electron chi connectivity index (χ1n) is 5.98. The van der Waals surface area contributed by atoms with E-state index in [1.807, 2.05) is 25.1 Å². The van der Waals surface area contributed by atoms with Crippen molar-refractivity contribution in [3.63, 3.8) is 0 Å². The Morgan fingerprint density at radius 1 is 1.44 bits per heavy atom. The summed E-state index contributed by atoms with van der Waals surface area (Å²) >= 11 is 6.22. The Morgan fingerprint density at radius 3 is 2.94 bits per heavy atom. The van der Waals surface area contributed by atoms with Crippen molar-refractivity contribution in [2.75, 3.05) is 0 Å². The number of benzene rings is 1. The van der Waals surface area contributed by atoms with Crippen LogP contribution in [0.1, 0.15) is 37.2 Å². The molecule has 0 radical (unpaired) electrons. The summed E-state index contributed by atoms with van der Waals surface area (Å²) < 4.78 is 5.23. The van der Waals surface area contributed by atoms with Crippen LogP contribution in [0.15, 0.2) is 22.7 Å². The minimum atomic E-state index is -0.184. The van der Waals surface area contributed by atoms with Gasteiger partial charge in [-0.1, -0.05) is 42.2 Å². The van der Waals surface area contributed by atoms with Crippen molar-refractivity contribution >= 4 is 11.6 Å². The van der Waals surface area contributed by atoms with Gasteiger partial charge < -0.3 is 10.3 Å². The molecule has 0 spiro atoms. The van der Waals surface area contributed by atoms with Gasteiger partial charge in [-0.05, 0) is 25.0 Å². The SMILES string of the molecule is CCCC(N)c1noc(-c2cccc(C)c2Cl)n1. The molecule has 0 saturated heterocycles. The molecule has 0 amide bonds. The van der Waals surface area contributed by atoms with Crippen LogP contribution in [-0.2, 0) is 0 Å². The van der Waals surface area contributed by atoms with Crippen LogP contribution >= 0.6 is 11.6 Å². The van der Waals surface area contributed by atoms with Crippen molar-refractivity contribution in [2.45, 2.75) is 32.7 Å². The van der Waals surface area contributed by atoms with Crippen LogP contribution in [0.2, 0.25) is 5.02 Å². The largest absolute Gasteiger partial charge is 0.334 e. The smallest absolute Gasteiger partial charge is 0.259 e. The van der Waals surface area contributed by atoms with Crippen LogP contribution in [-0.4, -0.2) is 10.1 Å². The van der Waals surface area contributed by atoms with Crippen molar-refractivity contribution in [3.05, 3.63) is 34.6 Å². The van der Waals surface area contributed by atoms with Crippen molar-refractivity contribution in [1.29, 1.82) is 0 Å². The zero-order chi connectivity index (χ0) is 13.1. The first kappa shape index (κ1) is 13.1. The van der Waals surface area contributed by atoms with E-state index < -0.39 is 0 Å². The molecular weight excluding hydrogens is 250 g/mol. The van der Waals surface area contributed by atoms with Gasteiger partial charge in [0, 0.05) is 0 Å². The average Bonchev–Trinajstić information content (AvgIpc) is 2.82. The molecule has 2 rings (SSSR count). The summed E-state index contributed by atoms with van der Waals surface area (Å²) in [5.74, 6) is 0.953. The fourth-order valence-electron chi connectivity index (χ4n) is 1.75. The highest BCUT2D eigenvalue weighted by Crippen LogP contribution is 2.29. The molecule has 1 aromatic heterocycles. The van der Waals surface area contributed by atoms with E-state index in [1.54, 1.807) is 0 Å². The summed E-state index contributed by atoms with van der Waals surface area (Å²) in [5.41, 5.74) is 7.67. The summed E-state index contributed by atoms with van der Waals surface area (Å²) in [4.78, 5) is 4.31. The lowest BCUT2D eigenvalue weighted by Crippen LogP contribution is -2.11. The monoisotopic (exact) mass is 265 g/mol. The highest BCUT2D eigenvalue weighted by atomic mass is 35.5. The number of nitrogens with two attached hydrogens (primary N) is 1. The molecule has 2 N–H and O–H groups in total. The Bertz CT molecular complexity index is 539. The average molecular weight is 266 g/mol. The second kappa shape index (κ2) is 5.50. The third-order valence-corrected chi connectivity index (χ3v) is 3.30. The summed E-state index contributed by atoms with van der Waals surface area (Å²) in [6.07, 6.45) is 1.82. The molecule has 0 aliphatic carbocycles. The van der Waals surface area contributed by atoms with Crippen LogP contribution in [0, 0.1) is 6.92 Å². The second-order valence-corrected chi connectivity index (χ2v) is 4.67. The molecule has 1 unspecified atom stereocenters. The van der Waals surface area contributed by atoms with Gasteiger partial charge in [0.15, 0.2) is 5.82 Å². The maximum Gasteiger partial charge on any atom is 0.259 e. The summed E-state index contributed by atoms with van der Waals surface area (Å²) in [6.45, 7) is 4.00. The van der Waals surface area contributed by atoms with Crippen LogP contribution in [0.5, 0.6) is 0 Å². The predicted molar refractivity (Wildman–Crippen MR) is 71.3 cm³/mol. The standard InChI is InChI=1S/C13H16ClN3O/c1-3-5-10(15)12-16-13(18-17-12)9-7-4-6-8(2)11(9)14/h4,6-7,10H,3,5,15H2,1-2H3. The number of aromatic nitrogens is 2. The van der Waals surface area contributed by atoms with Gasteiger partial charge in [0.2, 0.25) is 0 Å². The molecule has 2 aromatic rings. The number of rotatable bonds is 4. The Hall–Kier alpha value is -1.39. The van der Waals surface area contributed by atoms with E-state index in [2.05, 4.69) is 17.1 Å². The van der Waals surface area contributed by atoms with Gasteiger partial charge in [-0.3, -0.25) is 0 Å². The molecule has 0 bridgehead atoms. The number of hydrogen-bond donors (Lipinski definition) is 1. The normalized spacial score (nSPS) is 12.7. The van der Waals surface area contributed by atoms with Gasteiger partial charge in [-0.15, -0.1) is 0 Å². The molecule has 18 heavy (non-hydrogen) atoms. The summed E-state index contributed by atoms with van der Waals surface area (Å²) in [5, 5.41) is 4.55. The van der Waals surface area contributed by atoms with Gasteiger partial charge >= 0.3 is 0 Å². The highest BCUT2D eigenvalue weighted by Gasteiger charge is 2.16. The fourth-order valence-corrected chi connectivity index (χ4v) is 1.95.